The van der Waals surface area contributed by atoms with Crippen molar-refractivity contribution in [2.24, 2.45) is 0 Å². The summed E-state index contributed by atoms with van der Waals surface area (Å²) < 4.78 is 48.7. The van der Waals surface area contributed by atoms with Crippen molar-refractivity contribution in [3.63, 3.8) is 0 Å². The topological polar surface area (TPSA) is 106 Å². The number of hydrogen-bond acceptors (Lipinski definition) is 6. The standard InChI is InChI=1S/C33H37BF2N2O6/c1-19(20-10-7-6-8-11-20)37-22-17-25(35)28(26(36)18-22)30(39)38-27(31(40)41)16-21-13-14-24(29-23(21)12-9-15-42-29)34-43-32(2,3)33(4,5)44-34/h6-8,10-11,13-14,17-19,27,37H,9,12,15-16H2,1-5H3,(H,38,39)(H,40,41)/t19-,27-/m0/s1. The Morgan fingerprint density at radius 1 is 1.00 bits per heavy atom. The maximum atomic E-state index is 15.1. The largest absolute Gasteiger partial charge is 0.498 e. The Kier molecular flexibility index (Phi) is 8.73. The van der Waals surface area contributed by atoms with Gasteiger partial charge in [0.15, 0.2) is 0 Å². The first-order valence-electron chi connectivity index (χ1n) is 14.7. The van der Waals surface area contributed by atoms with Gasteiger partial charge in [-0.25, -0.2) is 13.6 Å². The highest BCUT2D eigenvalue weighted by molar-refractivity contribution is 6.63. The number of rotatable bonds is 9. The van der Waals surface area contributed by atoms with E-state index in [9.17, 15) is 14.7 Å². The van der Waals surface area contributed by atoms with Crippen molar-refractivity contribution in [2.45, 2.75) is 77.2 Å². The Balaban J connectivity index is 1.35. The lowest BCUT2D eigenvalue weighted by atomic mass is 9.75. The van der Waals surface area contributed by atoms with E-state index in [-0.39, 0.29) is 18.2 Å². The van der Waals surface area contributed by atoms with Crippen LogP contribution in [0.25, 0.3) is 0 Å². The number of benzene rings is 3. The fourth-order valence-corrected chi connectivity index (χ4v) is 5.50. The second-order valence-corrected chi connectivity index (χ2v) is 12.3. The molecule has 0 unspecified atom stereocenters. The highest BCUT2D eigenvalue weighted by Gasteiger charge is 2.52. The predicted molar refractivity (Wildman–Crippen MR) is 163 cm³/mol. The lowest BCUT2D eigenvalue weighted by molar-refractivity contribution is -0.139. The maximum Gasteiger partial charge on any atom is 0.498 e. The fraction of sp³-hybridized carbons (Fsp3) is 0.394. The molecule has 0 bridgehead atoms. The lowest BCUT2D eigenvalue weighted by Crippen LogP contribution is -2.43. The van der Waals surface area contributed by atoms with Gasteiger partial charge in [0, 0.05) is 23.6 Å². The number of nitrogens with one attached hydrogen (secondary N) is 2. The van der Waals surface area contributed by atoms with Crippen molar-refractivity contribution in [1.29, 1.82) is 0 Å². The highest BCUT2D eigenvalue weighted by atomic mass is 19.1. The monoisotopic (exact) mass is 606 g/mol. The van der Waals surface area contributed by atoms with Gasteiger partial charge in [0.05, 0.1) is 17.8 Å². The summed E-state index contributed by atoms with van der Waals surface area (Å²) >= 11 is 0. The number of halogens is 2. The molecule has 5 rings (SSSR count). The first kappa shape index (κ1) is 31.5. The molecule has 0 radical (unpaired) electrons. The number of ether oxygens (including phenoxy) is 1. The summed E-state index contributed by atoms with van der Waals surface area (Å²) in [6.45, 7) is 10.1. The second-order valence-electron chi connectivity index (χ2n) is 12.3. The number of aliphatic carboxylic acids is 1. The van der Waals surface area contributed by atoms with Crippen molar-refractivity contribution in [2.75, 3.05) is 11.9 Å². The molecule has 1 fully saturated rings. The normalized spacial score (nSPS) is 18.1. The molecule has 0 aromatic heterocycles. The molecular weight excluding hydrogens is 569 g/mol. The van der Waals surface area contributed by atoms with Crippen LogP contribution in [-0.4, -0.2) is 48.0 Å². The summed E-state index contributed by atoms with van der Waals surface area (Å²) in [6.07, 6.45) is 1.22. The van der Waals surface area contributed by atoms with Crippen LogP contribution < -0.4 is 20.8 Å². The quantitative estimate of drug-likeness (QED) is 0.288. The summed E-state index contributed by atoms with van der Waals surface area (Å²) in [6, 6.07) is 13.2. The minimum absolute atomic E-state index is 0.117. The van der Waals surface area contributed by atoms with Crippen LogP contribution in [0.2, 0.25) is 0 Å². The first-order valence-corrected chi connectivity index (χ1v) is 14.7. The molecule has 2 aliphatic rings. The molecule has 1 saturated heterocycles. The van der Waals surface area contributed by atoms with Crippen molar-refractivity contribution < 1.29 is 37.5 Å². The van der Waals surface area contributed by atoms with Crippen molar-refractivity contribution in [3.8, 4) is 5.75 Å². The summed E-state index contributed by atoms with van der Waals surface area (Å²) in [5.41, 5.74) is 1.23. The van der Waals surface area contributed by atoms with E-state index in [0.29, 0.717) is 29.8 Å². The fourth-order valence-electron chi connectivity index (χ4n) is 5.50. The Morgan fingerprint density at radius 2 is 1.64 bits per heavy atom. The van der Waals surface area contributed by atoms with E-state index < -0.39 is 53.4 Å². The van der Waals surface area contributed by atoms with Crippen LogP contribution in [0.5, 0.6) is 5.75 Å². The molecule has 3 N–H and O–H groups in total. The van der Waals surface area contributed by atoms with Gasteiger partial charge in [0.25, 0.3) is 5.91 Å². The van der Waals surface area contributed by atoms with Gasteiger partial charge >= 0.3 is 13.1 Å². The number of carboxylic acid groups (broad SMARTS) is 1. The zero-order chi connectivity index (χ0) is 31.8. The Bertz CT molecular complexity index is 1530. The zero-order valence-electron chi connectivity index (χ0n) is 25.5. The van der Waals surface area contributed by atoms with Gasteiger partial charge in [0.2, 0.25) is 0 Å². The van der Waals surface area contributed by atoms with Gasteiger partial charge in [-0.1, -0.05) is 42.5 Å². The molecule has 0 saturated carbocycles. The number of hydrogen-bond donors (Lipinski definition) is 3. The van der Waals surface area contributed by atoms with Gasteiger partial charge in [0.1, 0.15) is 29.0 Å². The molecule has 0 aliphatic carbocycles. The molecular formula is C33H37BF2N2O6. The van der Waals surface area contributed by atoms with Crippen LogP contribution in [0.15, 0.2) is 54.6 Å². The van der Waals surface area contributed by atoms with E-state index in [0.717, 1.165) is 29.7 Å². The van der Waals surface area contributed by atoms with Crippen LogP contribution in [-0.2, 0) is 26.9 Å². The number of carbonyl (C=O) groups excluding carboxylic acids is 1. The molecule has 11 heteroatoms. The van der Waals surface area contributed by atoms with E-state index in [2.05, 4.69) is 10.6 Å². The van der Waals surface area contributed by atoms with Crippen LogP contribution in [0, 0.1) is 11.6 Å². The Labute approximate surface area is 256 Å². The predicted octanol–water partition coefficient (Wildman–Crippen LogP) is 5.19. The van der Waals surface area contributed by atoms with Crippen LogP contribution in [0.1, 0.15) is 74.1 Å². The minimum atomic E-state index is -1.45. The van der Waals surface area contributed by atoms with Gasteiger partial charge in [-0.2, -0.15) is 0 Å². The van der Waals surface area contributed by atoms with Gasteiger partial charge in [-0.05, 0) is 76.3 Å². The SMILES string of the molecule is C[C@H](Nc1cc(F)c(C(=O)N[C@@H](Cc2ccc(B3OC(C)(C)C(C)(C)O3)c3c2CCCO3)C(=O)O)c(F)c1)c1ccccc1. The van der Waals surface area contributed by atoms with Crippen molar-refractivity contribution >= 4 is 30.1 Å². The maximum absolute atomic E-state index is 15.1. The summed E-state index contributed by atoms with van der Waals surface area (Å²) in [5, 5.41) is 15.3. The van der Waals surface area contributed by atoms with Crippen LogP contribution >= 0.6 is 0 Å². The van der Waals surface area contributed by atoms with Gasteiger partial charge < -0.3 is 29.8 Å². The molecule has 2 atom stereocenters. The van der Waals surface area contributed by atoms with Gasteiger partial charge in [-0.15, -0.1) is 0 Å². The number of carbonyl (C=O) groups is 2. The van der Waals surface area contributed by atoms with E-state index in [1.807, 2.05) is 65.0 Å². The minimum Gasteiger partial charge on any atom is -0.494 e. The molecule has 44 heavy (non-hydrogen) atoms. The van der Waals surface area contributed by atoms with E-state index in [4.69, 9.17) is 14.0 Å². The van der Waals surface area contributed by atoms with Crippen molar-refractivity contribution in [3.05, 3.63) is 88.5 Å². The molecule has 232 valence electrons. The summed E-state index contributed by atoms with van der Waals surface area (Å²) in [7, 11) is -0.671. The lowest BCUT2D eigenvalue weighted by Gasteiger charge is -2.32. The highest BCUT2D eigenvalue weighted by Crippen LogP contribution is 2.38. The second kappa shape index (κ2) is 12.2. The van der Waals surface area contributed by atoms with Crippen LogP contribution in [0.3, 0.4) is 0 Å². The number of fused-ring (bicyclic) bond motifs is 1. The van der Waals surface area contributed by atoms with E-state index in [1.54, 1.807) is 12.1 Å². The van der Waals surface area contributed by atoms with Gasteiger partial charge in [-0.3, -0.25) is 4.79 Å². The van der Waals surface area contributed by atoms with Crippen molar-refractivity contribution in [1.82, 2.24) is 5.32 Å². The molecule has 1 amide bonds. The molecule has 3 aromatic carbocycles. The van der Waals surface area contributed by atoms with E-state index >= 15 is 8.78 Å². The number of anilines is 1. The average Bonchev–Trinajstić information content (AvgIpc) is 3.18. The third-order valence-corrected chi connectivity index (χ3v) is 8.69. The molecule has 2 aliphatic heterocycles. The summed E-state index contributed by atoms with van der Waals surface area (Å²) in [5.74, 6) is -4.13. The summed E-state index contributed by atoms with van der Waals surface area (Å²) in [4.78, 5) is 25.3. The third kappa shape index (κ3) is 6.30. The molecule has 3 aromatic rings. The average molecular weight is 606 g/mol. The zero-order valence-corrected chi connectivity index (χ0v) is 25.5. The Morgan fingerprint density at radius 3 is 2.25 bits per heavy atom. The van der Waals surface area contributed by atoms with Crippen LogP contribution in [0.4, 0.5) is 14.5 Å². The number of carboxylic acids is 1. The first-order chi connectivity index (χ1) is 20.8. The van der Waals surface area contributed by atoms with E-state index in [1.165, 1.54) is 0 Å². The Hall–Kier alpha value is -3.96. The molecule has 2 heterocycles. The molecule has 0 spiro atoms. The smallest absolute Gasteiger partial charge is 0.494 e. The molecule has 8 nitrogen and oxygen atoms in total. The number of amides is 1. The third-order valence-electron chi connectivity index (χ3n) is 8.69.